The van der Waals surface area contributed by atoms with Crippen molar-refractivity contribution < 1.29 is 13.2 Å². The summed E-state index contributed by atoms with van der Waals surface area (Å²) in [5.74, 6) is 0.645. The first-order valence-corrected chi connectivity index (χ1v) is 8.83. The van der Waals surface area contributed by atoms with E-state index in [1.54, 1.807) is 49.1 Å². The van der Waals surface area contributed by atoms with Crippen LogP contribution >= 0.6 is 11.3 Å². The number of nitrogens with zero attached hydrogens (tertiary/aromatic N) is 1. The van der Waals surface area contributed by atoms with Gasteiger partial charge in [0, 0.05) is 11.4 Å². The van der Waals surface area contributed by atoms with Crippen molar-refractivity contribution in [2.75, 3.05) is 13.7 Å². The van der Waals surface area contributed by atoms with E-state index in [0.717, 1.165) is 10.6 Å². The second-order valence-electron chi connectivity index (χ2n) is 4.64. The highest BCUT2D eigenvalue weighted by atomic mass is 32.2. The normalized spacial score (nSPS) is 11.6. The number of aryl methyl sites for hydroxylation is 2. The van der Waals surface area contributed by atoms with Gasteiger partial charge in [-0.1, -0.05) is 0 Å². The zero-order chi connectivity index (χ0) is 15.5. The maximum absolute atomic E-state index is 12.3. The average Bonchev–Trinajstić information content (AvgIpc) is 2.83. The molecule has 114 valence electrons. The van der Waals surface area contributed by atoms with Crippen LogP contribution in [0.2, 0.25) is 0 Å². The zero-order valence-corrected chi connectivity index (χ0v) is 13.8. The standard InChI is InChI=1S/C14H18N2O3S2/c1-10-8-12(19-3)4-5-14(10)21(17,18)16-7-6-13-11(2)15-9-20-13/h4-5,8-9,16H,6-7H2,1-3H3. The van der Waals surface area contributed by atoms with Crippen LogP contribution in [0.15, 0.2) is 28.6 Å². The first-order chi connectivity index (χ1) is 9.94. The molecule has 0 aliphatic heterocycles. The Morgan fingerprint density at radius 1 is 1.33 bits per heavy atom. The minimum atomic E-state index is -3.50. The molecule has 5 nitrogen and oxygen atoms in total. The molecule has 0 bridgehead atoms. The van der Waals surface area contributed by atoms with Crippen LogP contribution in [0, 0.1) is 13.8 Å². The zero-order valence-electron chi connectivity index (χ0n) is 12.2. The number of benzene rings is 1. The molecule has 7 heteroatoms. The van der Waals surface area contributed by atoms with E-state index in [0.29, 0.717) is 24.3 Å². The predicted molar refractivity (Wildman–Crippen MR) is 83.5 cm³/mol. The summed E-state index contributed by atoms with van der Waals surface area (Å²) in [6.07, 6.45) is 0.644. The third-order valence-electron chi connectivity index (χ3n) is 3.16. The van der Waals surface area contributed by atoms with Crippen LogP contribution in [0.4, 0.5) is 0 Å². The minimum absolute atomic E-state index is 0.282. The number of thiazole rings is 1. The number of methoxy groups -OCH3 is 1. The Kier molecular flexibility index (Phi) is 4.97. The van der Waals surface area contributed by atoms with Crippen LogP contribution in [-0.2, 0) is 16.4 Å². The molecule has 1 aromatic carbocycles. The molecule has 0 unspecified atom stereocenters. The summed E-state index contributed by atoms with van der Waals surface area (Å²) in [7, 11) is -1.95. The Morgan fingerprint density at radius 3 is 2.67 bits per heavy atom. The summed E-state index contributed by atoms with van der Waals surface area (Å²) in [6, 6.07) is 4.92. The Hall–Kier alpha value is -1.44. The van der Waals surface area contributed by atoms with E-state index in [4.69, 9.17) is 4.74 Å². The van der Waals surface area contributed by atoms with Gasteiger partial charge >= 0.3 is 0 Å². The van der Waals surface area contributed by atoms with Crippen LogP contribution in [0.3, 0.4) is 0 Å². The smallest absolute Gasteiger partial charge is 0.240 e. The van der Waals surface area contributed by atoms with Gasteiger partial charge < -0.3 is 4.74 Å². The molecule has 1 heterocycles. The van der Waals surface area contributed by atoms with Crippen molar-refractivity contribution in [3.63, 3.8) is 0 Å². The van der Waals surface area contributed by atoms with E-state index in [9.17, 15) is 8.42 Å². The lowest BCUT2D eigenvalue weighted by Gasteiger charge is -2.10. The van der Waals surface area contributed by atoms with Crippen molar-refractivity contribution in [3.8, 4) is 5.75 Å². The molecule has 2 rings (SSSR count). The van der Waals surface area contributed by atoms with Crippen LogP contribution in [0.1, 0.15) is 16.1 Å². The van der Waals surface area contributed by atoms with Gasteiger partial charge in [0.15, 0.2) is 0 Å². The molecule has 1 N–H and O–H groups in total. The maximum atomic E-state index is 12.3. The molecule has 0 radical (unpaired) electrons. The molecule has 0 fully saturated rings. The third kappa shape index (κ3) is 3.81. The Balaban J connectivity index is 2.06. The van der Waals surface area contributed by atoms with Gasteiger partial charge in [0.05, 0.1) is 23.2 Å². The molecule has 21 heavy (non-hydrogen) atoms. The van der Waals surface area contributed by atoms with Crippen molar-refractivity contribution in [1.29, 1.82) is 0 Å². The minimum Gasteiger partial charge on any atom is -0.497 e. The summed E-state index contributed by atoms with van der Waals surface area (Å²) < 4.78 is 32.3. The summed E-state index contributed by atoms with van der Waals surface area (Å²) >= 11 is 1.54. The Labute approximate surface area is 129 Å². The van der Waals surface area contributed by atoms with Crippen molar-refractivity contribution in [1.82, 2.24) is 9.71 Å². The number of ether oxygens (including phenoxy) is 1. The molecule has 0 saturated carbocycles. The number of sulfonamides is 1. The molecule has 2 aromatic rings. The fourth-order valence-electron chi connectivity index (χ4n) is 1.99. The van der Waals surface area contributed by atoms with Crippen LogP contribution in [0.5, 0.6) is 5.75 Å². The highest BCUT2D eigenvalue weighted by molar-refractivity contribution is 7.89. The van der Waals surface area contributed by atoms with Gasteiger partial charge in [0.25, 0.3) is 0 Å². The predicted octanol–water partition coefficient (Wildman–Crippen LogP) is 2.29. The van der Waals surface area contributed by atoms with Gasteiger partial charge in [-0.2, -0.15) is 0 Å². The van der Waals surface area contributed by atoms with Crippen LogP contribution in [-0.4, -0.2) is 27.1 Å². The maximum Gasteiger partial charge on any atom is 0.240 e. The van der Waals surface area contributed by atoms with Crippen molar-refractivity contribution in [3.05, 3.63) is 39.8 Å². The van der Waals surface area contributed by atoms with Crippen molar-refractivity contribution >= 4 is 21.4 Å². The number of hydrogen-bond donors (Lipinski definition) is 1. The molecular weight excluding hydrogens is 308 g/mol. The average molecular weight is 326 g/mol. The fourth-order valence-corrected chi connectivity index (χ4v) is 4.03. The van der Waals surface area contributed by atoms with Gasteiger partial charge in [-0.15, -0.1) is 11.3 Å². The number of rotatable bonds is 6. The molecule has 0 amide bonds. The summed E-state index contributed by atoms with van der Waals surface area (Å²) in [6.45, 7) is 4.04. The first-order valence-electron chi connectivity index (χ1n) is 6.47. The van der Waals surface area contributed by atoms with Gasteiger partial charge in [0.2, 0.25) is 10.0 Å². The van der Waals surface area contributed by atoms with Crippen molar-refractivity contribution in [2.45, 2.75) is 25.2 Å². The molecule has 0 aliphatic rings. The van der Waals surface area contributed by atoms with E-state index in [2.05, 4.69) is 9.71 Å². The Bertz CT molecular complexity index is 724. The lowest BCUT2D eigenvalue weighted by molar-refractivity contribution is 0.414. The van der Waals surface area contributed by atoms with Crippen LogP contribution < -0.4 is 9.46 Å². The molecule has 0 aliphatic carbocycles. The number of hydrogen-bond acceptors (Lipinski definition) is 5. The van der Waals surface area contributed by atoms with E-state index in [1.165, 1.54) is 0 Å². The van der Waals surface area contributed by atoms with Crippen LogP contribution in [0.25, 0.3) is 0 Å². The van der Waals surface area contributed by atoms with Crippen molar-refractivity contribution in [2.24, 2.45) is 0 Å². The van der Waals surface area contributed by atoms with E-state index in [-0.39, 0.29) is 4.90 Å². The lowest BCUT2D eigenvalue weighted by atomic mass is 10.2. The van der Waals surface area contributed by atoms with E-state index >= 15 is 0 Å². The van der Waals surface area contributed by atoms with Gasteiger partial charge in [0.1, 0.15) is 5.75 Å². The molecule has 0 saturated heterocycles. The molecular formula is C14H18N2O3S2. The summed E-state index contributed by atoms with van der Waals surface area (Å²) in [4.78, 5) is 5.53. The Morgan fingerprint density at radius 2 is 2.10 bits per heavy atom. The topological polar surface area (TPSA) is 68.3 Å². The third-order valence-corrected chi connectivity index (χ3v) is 5.78. The first kappa shape index (κ1) is 15.9. The summed E-state index contributed by atoms with van der Waals surface area (Å²) in [5.41, 5.74) is 3.39. The highest BCUT2D eigenvalue weighted by Crippen LogP contribution is 2.21. The van der Waals surface area contributed by atoms with E-state index in [1.807, 2.05) is 6.92 Å². The molecule has 1 aromatic heterocycles. The number of aromatic nitrogens is 1. The van der Waals surface area contributed by atoms with Gasteiger partial charge in [-0.25, -0.2) is 18.1 Å². The van der Waals surface area contributed by atoms with Gasteiger partial charge in [-0.05, 0) is 44.0 Å². The highest BCUT2D eigenvalue weighted by Gasteiger charge is 2.17. The second kappa shape index (κ2) is 6.55. The van der Waals surface area contributed by atoms with E-state index < -0.39 is 10.0 Å². The molecule has 0 atom stereocenters. The lowest BCUT2D eigenvalue weighted by Crippen LogP contribution is -2.26. The summed E-state index contributed by atoms with van der Waals surface area (Å²) in [5, 5.41) is 0. The molecule has 0 spiro atoms. The SMILES string of the molecule is COc1ccc(S(=O)(=O)NCCc2scnc2C)c(C)c1. The fraction of sp³-hybridized carbons (Fsp3) is 0.357. The quantitative estimate of drug-likeness (QED) is 0.884. The monoisotopic (exact) mass is 326 g/mol. The largest absolute Gasteiger partial charge is 0.497 e. The number of nitrogens with one attached hydrogen (secondary N) is 1. The van der Waals surface area contributed by atoms with Gasteiger partial charge in [-0.3, -0.25) is 0 Å². The second-order valence-corrected chi connectivity index (χ2v) is 7.31.